The summed E-state index contributed by atoms with van der Waals surface area (Å²) in [4.78, 5) is 11.6. The maximum Gasteiger partial charge on any atom is 0.211 e. The van der Waals surface area contributed by atoms with E-state index in [0.29, 0.717) is 12.2 Å². The van der Waals surface area contributed by atoms with Crippen LogP contribution in [0.1, 0.15) is 5.82 Å². The quantitative estimate of drug-likeness (QED) is 0.739. The number of hydrogen-bond acceptors (Lipinski definition) is 4. The van der Waals surface area contributed by atoms with Gasteiger partial charge in [-0.2, -0.15) is 0 Å². The van der Waals surface area contributed by atoms with E-state index in [0.717, 1.165) is 11.4 Å². The van der Waals surface area contributed by atoms with Gasteiger partial charge < -0.3 is 5.32 Å². The van der Waals surface area contributed by atoms with Gasteiger partial charge in [0.25, 0.3) is 0 Å². The molecule has 6 nitrogen and oxygen atoms in total. The minimum absolute atomic E-state index is 0.616. The normalized spacial score (nSPS) is 9.93. The Morgan fingerprint density at radius 2 is 2.07 bits per heavy atom. The van der Waals surface area contributed by atoms with E-state index in [1.807, 2.05) is 0 Å². The van der Waals surface area contributed by atoms with Gasteiger partial charge >= 0.3 is 0 Å². The van der Waals surface area contributed by atoms with Crippen LogP contribution in [0.4, 0.5) is 5.69 Å². The van der Waals surface area contributed by atoms with Crippen molar-refractivity contribution in [1.82, 2.24) is 20.2 Å². The van der Waals surface area contributed by atoms with Crippen LogP contribution in [-0.4, -0.2) is 26.6 Å². The fraction of sp³-hybridized carbons (Fsp3) is 0.111. The van der Waals surface area contributed by atoms with Crippen LogP contribution in [0, 0.1) is 6.92 Å². The van der Waals surface area contributed by atoms with Gasteiger partial charge in [-0.3, -0.25) is 4.79 Å². The lowest BCUT2D eigenvalue weighted by atomic mass is 10.3. The number of hydrogen-bond donors (Lipinski definition) is 1. The van der Waals surface area contributed by atoms with E-state index < -0.39 is 0 Å². The van der Waals surface area contributed by atoms with E-state index in [-0.39, 0.29) is 0 Å². The Morgan fingerprint density at radius 1 is 1.33 bits per heavy atom. The molecule has 0 aliphatic carbocycles. The highest BCUT2D eigenvalue weighted by Crippen LogP contribution is 2.10. The van der Waals surface area contributed by atoms with Crippen LogP contribution in [0.15, 0.2) is 24.3 Å². The zero-order valence-corrected chi connectivity index (χ0v) is 8.08. The maximum absolute atomic E-state index is 10.2. The standard InChI is InChI=1S/C9H9N5O/c1-7-11-13-14(12-7)9-4-2-8(3-5-9)10-6-15/h2-6H,1H3,(H,10,15). The summed E-state index contributed by atoms with van der Waals surface area (Å²) in [6, 6.07) is 7.13. The van der Waals surface area contributed by atoms with Crippen molar-refractivity contribution in [2.24, 2.45) is 0 Å². The lowest BCUT2D eigenvalue weighted by Gasteiger charge is -2.00. The molecule has 0 aliphatic heterocycles. The molecule has 0 fully saturated rings. The van der Waals surface area contributed by atoms with E-state index in [9.17, 15) is 4.79 Å². The van der Waals surface area contributed by atoms with Crippen molar-refractivity contribution in [1.29, 1.82) is 0 Å². The Kier molecular flexibility index (Phi) is 2.40. The van der Waals surface area contributed by atoms with Crippen LogP contribution in [0.25, 0.3) is 5.69 Å². The number of aromatic nitrogens is 4. The zero-order valence-electron chi connectivity index (χ0n) is 8.08. The Labute approximate surface area is 85.9 Å². The highest BCUT2D eigenvalue weighted by molar-refractivity contribution is 5.71. The Bertz CT molecular complexity index is 462. The Balaban J connectivity index is 2.27. The van der Waals surface area contributed by atoms with Gasteiger partial charge in [0.05, 0.1) is 5.69 Å². The molecule has 1 aromatic carbocycles. The summed E-state index contributed by atoms with van der Waals surface area (Å²) in [5.74, 6) is 0.616. The lowest BCUT2D eigenvalue weighted by Crippen LogP contribution is -2.00. The number of carbonyl (C=O) groups is 1. The van der Waals surface area contributed by atoms with Crippen LogP contribution in [0.3, 0.4) is 0 Å². The highest BCUT2D eigenvalue weighted by atomic mass is 16.1. The summed E-state index contributed by atoms with van der Waals surface area (Å²) in [7, 11) is 0. The minimum atomic E-state index is 0.616. The second-order valence-electron chi connectivity index (χ2n) is 2.94. The summed E-state index contributed by atoms with van der Waals surface area (Å²) in [6.45, 7) is 1.77. The second kappa shape index (κ2) is 3.87. The van der Waals surface area contributed by atoms with Crippen molar-refractivity contribution in [3.8, 4) is 5.69 Å². The first-order valence-corrected chi connectivity index (χ1v) is 4.37. The average Bonchev–Trinajstić information content (AvgIpc) is 2.67. The number of anilines is 1. The van der Waals surface area contributed by atoms with Crippen LogP contribution in [0.2, 0.25) is 0 Å². The van der Waals surface area contributed by atoms with Crippen molar-refractivity contribution in [3.63, 3.8) is 0 Å². The predicted molar refractivity (Wildman–Crippen MR) is 53.6 cm³/mol. The van der Waals surface area contributed by atoms with Crippen molar-refractivity contribution >= 4 is 12.1 Å². The molecular formula is C9H9N5O. The first-order chi connectivity index (χ1) is 7.29. The highest BCUT2D eigenvalue weighted by Gasteiger charge is 2.00. The van der Waals surface area contributed by atoms with Crippen LogP contribution in [-0.2, 0) is 4.79 Å². The van der Waals surface area contributed by atoms with Crippen LogP contribution < -0.4 is 5.32 Å². The van der Waals surface area contributed by atoms with E-state index >= 15 is 0 Å². The lowest BCUT2D eigenvalue weighted by molar-refractivity contribution is -0.105. The molecule has 0 bridgehead atoms. The van der Waals surface area contributed by atoms with Gasteiger partial charge in [-0.1, -0.05) is 0 Å². The van der Waals surface area contributed by atoms with Crippen LogP contribution in [0.5, 0.6) is 0 Å². The smallest absolute Gasteiger partial charge is 0.211 e. The maximum atomic E-state index is 10.2. The third kappa shape index (κ3) is 1.98. The molecule has 1 heterocycles. The molecule has 1 amide bonds. The molecule has 2 aromatic rings. The molecule has 0 saturated heterocycles. The zero-order chi connectivity index (χ0) is 10.7. The SMILES string of the molecule is Cc1nnn(-c2ccc(NC=O)cc2)n1. The molecule has 15 heavy (non-hydrogen) atoms. The van der Waals surface area contributed by atoms with E-state index in [2.05, 4.69) is 20.7 Å². The van der Waals surface area contributed by atoms with Gasteiger partial charge in [-0.25, -0.2) is 0 Å². The molecular weight excluding hydrogens is 194 g/mol. The number of benzene rings is 1. The number of nitrogens with zero attached hydrogens (tertiary/aromatic N) is 4. The molecule has 1 N–H and O–H groups in total. The van der Waals surface area contributed by atoms with Gasteiger partial charge in [0, 0.05) is 5.69 Å². The summed E-state index contributed by atoms with van der Waals surface area (Å²) >= 11 is 0. The largest absolute Gasteiger partial charge is 0.329 e. The first kappa shape index (κ1) is 9.32. The van der Waals surface area contributed by atoms with Gasteiger partial charge in [0.2, 0.25) is 6.41 Å². The monoisotopic (exact) mass is 203 g/mol. The van der Waals surface area contributed by atoms with Crippen molar-refractivity contribution < 1.29 is 4.79 Å². The fourth-order valence-corrected chi connectivity index (χ4v) is 1.15. The van der Waals surface area contributed by atoms with E-state index in [4.69, 9.17) is 0 Å². The molecule has 0 spiro atoms. The molecule has 6 heteroatoms. The second-order valence-corrected chi connectivity index (χ2v) is 2.94. The number of aryl methyl sites for hydroxylation is 1. The third-order valence-electron chi connectivity index (χ3n) is 1.84. The Hall–Kier alpha value is -2.24. The van der Waals surface area contributed by atoms with Gasteiger partial charge in [-0.15, -0.1) is 15.0 Å². The average molecular weight is 203 g/mol. The van der Waals surface area contributed by atoms with Crippen molar-refractivity contribution in [2.75, 3.05) is 5.32 Å². The molecule has 76 valence electrons. The summed E-state index contributed by atoms with van der Waals surface area (Å²) in [5, 5.41) is 14.2. The number of carbonyl (C=O) groups excluding carboxylic acids is 1. The van der Waals surface area contributed by atoms with Gasteiger partial charge in [0.1, 0.15) is 0 Å². The molecule has 1 aromatic heterocycles. The molecule has 0 atom stereocenters. The number of tetrazole rings is 1. The summed E-state index contributed by atoms with van der Waals surface area (Å²) < 4.78 is 0. The molecule has 0 radical (unpaired) electrons. The van der Waals surface area contributed by atoms with Crippen molar-refractivity contribution in [3.05, 3.63) is 30.1 Å². The summed E-state index contributed by atoms with van der Waals surface area (Å²) in [6.07, 6.45) is 0.632. The predicted octanol–water partition coefficient (Wildman–Crippen LogP) is 0.539. The number of amides is 1. The molecule has 0 saturated carbocycles. The molecule has 0 aliphatic rings. The Morgan fingerprint density at radius 3 is 2.60 bits per heavy atom. The molecule has 0 unspecified atom stereocenters. The van der Waals surface area contributed by atoms with Crippen molar-refractivity contribution in [2.45, 2.75) is 6.92 Å². The summed E-state index contributed by atoms with van der Waals surface area (Å²) in [5.41, 5.74) is 1.53. The van der Waals surface area contributed by atoms with E-state index in [1.54, 1.807) is 31.2 Å². The van der Waals surface area contributed by atoms with Gasteiger partial charge in [-0.05, 0) is 36.4 Å². The fourth-order valence-electron chi connectivity index (χ4n) is 1.15. The van der Waals surface area contributed by atoms with Gasteiger partial charge in [0.15, 0.2) is 5.82 Å². The topological polar surface area (TPSA) is 72.7 Å². The van der Waals surface area contributed by atoms with Crippen LogP contribution >= 0.6 is 0 Å². The van der Waals surface area contributed by atoms with E-state index in [1.165, 1.54) is 4.80 Å². The number of nitrogens with one attached hydrogen (secondary N) is 1. The first-order valence-electron chi connectivity index (χ1n) is 4.37. The number of rotatable bonds is 3. The molecule has 2 rings (SSSR count). The third-order valence-corrected chi connectivity index (χ3v) is 1.84. The minimum Gasteiger partial charge on any atom is -0.329 e.